The molecule has 1 N–H and O–H groups in total. The van der Waals surface area contributed by atoms with Crippen molar-refractivity contribution in [3.63, 3.8) is 0 Å². The molecule has 1 aromatic heterocycles. The van der Waals surface area contributed by atoms with Gasteiger partial charge in [0.1, 0.15) is 5.76 Å². The molecule has 1 aromatic rings. The van der Waals surface area contributed by atoms with Crippen LogP contribution in [0.1, 0.15) is 37.9 Å². The molecule has 0 aliphatic heterocycles. The predicted molar refractivity (Wildman–Crippen MR) is 82.4 cm³/mol. The molecular weight excluding hydrogens is 264 g/mol. The van der Waals surface area contributed by atoms with Gasteiger partial charge in [0.2, 0.25) is 0 Å². The lowest BCUT2D eigenvalue weighted by Crippen LogP contribution is -2.54. The van der Waals surface area contributed by atoms with E-state index in [2.05, 4.69) is 6.07 Å². The molecule has 1 aliphatic rings. The van der Waals surface area contributed by atoms with E-state index in [0.29, 0.717) is 5.76 Å². The number of aliphatic hydroxyl groups is 1. The highest BCUT2D eigenvalue weighted by molar-refractivity contribution is 5.47. The van der Waals surface area contributed by atoms with Gasteiger partial charge in [-0.3, -0.25) is 4.90 Å². The molecule has 1 saturated carbocycles. The van der Waals surface area contributed by atoms with Gasteiger partial charge in [-0.05, 0) is 57.1 Å². The fourth-order valence-electron chi connectivity index (χ4n) is 3.12. The van der Waals surface area contributed by atoms with Crippen LogP contribution in [0.2, 0.25) is 0 Å². The summed E-state index contributed by atoms with van der Waals surface area (Å²) in [5.74, 6) is 0.870. The third kappa shape index (κ3) is 3.37. The van der Waals surface area contributed by atoms with Crippen LogP contribution in [0.25, 0.3) is 6.08 Å². The molecule has 4 nitrogen and oxygen atoms in total. The summed E-state index contributed by atoms with van der Waals surface area (Å²) in [7, 11) is 3.67. The summed E-state index contributed by atoms with van der Waals surface area (Å²) < 4.78 is 5.28. The second-order valence-corrected chi connectivity index (χ2v) is 6.02. The summed E-state index contributed by atoms with van der Waals surface area (Å²) in [5, 5.41) is 20.6. The minimum atomic E-state index is -1.02. The second-order valence-electron chi connectivity index (χ2n) is 6.02. The van der Waals surface area contributed by atoms with E-state index in [-0.39, 0.29) is 5.92 Å². The first-order chi connectivity index (χ1) is 10.1. The Morgan fingerprint density at radius 2 is 2.14 bits per heavy atom. The number of aliphatic hydroxyl groups excluding tert-OH is 1. The highest BCUT2D eigenvalue weighted by atomic mass is 16.3. The average molecular weight is 288 g/mol. The first-order valence-electron chi connectivity index (χ1n) is 7.59. The van der Waals surface area contributed by atoms with E-state index < -0.39 is 11.6 Å². The number of nitriles is 1. The molecule has 4 heteroatoms. The zero-order valence-corrected chi connectivity index (χ0v) is 12.8. The highest BCUT2D eigenvalue weighted by Gasteiger charge is 2.42. The van der Waals surface area contributed by atoms with Crippen LogP contribution in [0.3, 0.4) is 0 Å². The van der Waals surface area contributed by atoms with Crippen LogP contribution < -0.4 is 0 Å². The normalized spacial score (nSPS) is 21.3. The van der Waals surface area contributed by atoms with Crippen molar-refractivity contribution in [1.29, 1.82) is 5.26 Å². The lowest BCUT2D eigenvalue weighted by Gasteiger charge is -2.40. The summed E-state index contributed by atoms with van der Waals surface area (Å²) in [6.45, 7) is 0. The van der Waals surface area contributed by atoms with Gasteiger partial charge in [-0.1, -0.05) is 19.3 Å². The van der Waals surface area contributed by atoms with Crippen molar-refractivity contribution in [2.75, 3.05) is 14.1 Å². The van der Waals surface area contributed by atoms with Gasteiger partial charge in [0.15, 0.2) is 5.54 Å². The molecule has 0 radical (unpaired) electrons. The summed E-state index contributed by atoms with van der Waals surface area (Å²) in [5.41, 5.74) is -1.02. The van der Waals surface area contributed by atoms with Crippen LogP contribution in [-0.4, -0.2) is 35.7 Å². The van der Waals surface area contributed by atoms with Crippen molar-refractivity contribution in [1.82, 2.24) is 4.90 Å². The topological polar surface area (TPSA) is 60.4 Å². The molecule has 0 spiro atoms. The summed E-state index contributed by atoms with van der Waals surface area (Å²) in [6.07, 6.45) is 9.94. The zero-order chi connectivity index (χ0) is 15.3. The Kier molecular flexibility index (Phi) is 5.22. The van der Waals surface area contributed by atoms with Gasteiger partial charge in [-0.15, -0.1) is 0 Å². The molecule has 0 aromatic carbocycles. The van der Waals surface area contributed by atoms with E-state index in [1.165, 1.54) is 6.42 Å². The predicted octanol–water partition coefficient (Wildman–Crippen LogP) is 3.06. The maximum Gasteiger partial charge on any atom is 0.154 e. The lowest BCUT2D eigenvalue weighted by molar-refractivity contribution is 0.00268. The third-order valence-electron chi connectivity index (χ3n) is 4.51. The number of hydrogen-bond acceptors (Lipinski definition) is 4. The van der Waals surface area contributed by atoms with E-state index in [4.69, 9.17) is 4.42 Å². The maximum absolute atomic E-state index is 10.8. The Balaban J connectivity index is 2.25. The minimum Gasteiger partial charge on any atom is -0.465 e. The molecule has 2 unspecified atom stereocenters. The lowest BCUT2D eigenvalue weighted by atomic mass is 9.76. The van der Waals surface area contributed by atoms with Crippen LogP contribution in [0.4, 0.5) is 0 Å². The Morgan fingerprint density at radius 3 is 2.67 bits per heavy atom. The summed E-state index contributed by atoms with van der Waals surface area (Å²) in [6, 6.07) is 5.96. The van der Waals surface area contributed by atoms with Crippen molar-refractivity contribution in [3.8, 4) is 6.07 Å². The van der Waals surface area contributed by atoms with Crippen molar-refractivity contribution in [2.45, 2.75) is 43.7 Å². The van der Waals surface area contributed by atoms with E-state index in [0.717, 1.165) is 25.7 Å². The van der Waals surface area contributed by atoms with Crippen molar-refractivity contribution >= 4 is 6.08 Å². The largest absolute Gasteiger partial charge is 0.465 e. The fraction of sp³-hybridized carbons (Fsp3) is 0.588. The van der Waals surface area contributed by atoms with Gasteiger partial charge in [-0.2, -0.15) is 5.26 Å². The van der Waals surface area contributed by atoms with Crippen LogP contribution in [-0.2, 0) is 0 Å². The second kappa shape index (κ2) is 6.93. The standard InChI is InChI=1S/C17H24N2O2/c1-19(2)17(13-18,11-10-15-9-6-12-21-15)16(20)14-7-4-3-5-8-14/h6,9-12,14,16,20H,3-5,7-8H2,1-2H3/b11-10+. The SMILES string of the molecule is CN(C)C(C#N)(/C=C/c1ccco1)C(O)C1CCCCC1. The van der Waals surface area contributed by atoms with Crippen LogP contribution in [0.5, 0.6) is 0 Å². The van der Waals surface area contributed by atoms with Gasteiger partial charge in [-0.25, -0.2) is 0 Å². The van der Waals surface area contributed by atoms with Gasteiger partial charge in [0.05, 0.1) is 18.4 Å². The van der Waals surface area contributed by atoms with Gasteiger partial charge in [0, 0.05) is 0 Å². The van der Waals surface area contributed by atoms with Crippen molar-refractivity contribution in [2.24, 2.45) is 5.92 Å². The van der Waals surface area contributed by atoms with Crippen LogP contribution in [0.15, 0.2) is 28.9 Å². The zero-order valence-electron chi connectivity index (χ0n) is 12.8. The highest BCUT2D eigenvalue weighted by Crippen LogP contribution is 2.34. The fourth-order valence-corrected chi connectivity index (χ4v) is 3.12. The van der Waals surface area contributed by atoms with E-state index in [1.807, 2.05) is 20.2 Å². The molecular formula is C17H24N2O2. The van der Waals surface area contributed by atoms with E-state index in [1.54, 1.807) is 29.4 Å². The molecule has 2 rings (SSSR count). The monoisotopic (exact) mass is 288 g/mol. The minimum absolute atomic E-state index is 0.182. The van der Waals surface area contributed by atoms with E-state index >= 15 is 0 Å². The van der Waals surface area contributed by atoms with Gasteiger partial charge < -0.3 is 9.52 Å². The number of rotatable bonds is 5. The van der Waals surface area contributed by atoms with Gasteiger partial charge >= 0.3 is 0 Å². The molecule has 1 fully saturated rings. The van der Waals surface area contributed by atoms with Crippen LogP contribution >= 0.6 is 0 Å². The Labute approximate surface area is 126 Å². The molecule has 114 valence electrons. The molecule has 21 heavy (non-hydrogen) atoms. The number of furan rings is 1. The third-order valence-corrected chi connectivity index (χ3v) is 4.51. The molecule has 0 bridgehead atoms. The Hall–Kier alpha value is -1.57. The van der Waals surface area contributed by atoms with Crippen molar-refractivity contribution in [3.05, 3.63) is 30.2 Å². The smallest absolute Gasteiger partial charge is 0.154 e. The molecule has 1 aliphatic carbocycles. The van der Waals surface area contributed by atoms with E-state index in [9.17, 15) is 10.4 Å². The van der Waals surface area contributed by atoms with Crippen LogP contribution in [0, 0.1) is 17.2 Å². The molecule has 0 saturated heterocycles. The number of hydrogen-bond donors (Lipinski definition) is 1. The van der Waals surface area contributed by atoms with Gasteiger partial charge in [0.25, 0.3) is 0 Å². The maximum atomic E-state index is 10.8. The summed E-state index contributed by atoms with van der Waals surface area (Å²) in [4.78, 5) is 1.80. The Bertz CT molecular complexity index is 495. The molecule has 0 amide bonds. The number of likely N-dealkylation sites (N-methyl/N-ethyl adjacent to an activating group) is 1. The first kappa shape index (κ1) is 15.8. The first-order valence-corrected chi connectivity index (χ1v) is 7.59. The number of nitrogens with zero attached hydrogens (tertiary/aromatic N) is 2. The summed E-state index contributed by atoms with van der Waals surface area (Å²) >= 11 is 0. The molecule has 1 heterocycles. The Morgan fingerprint density at radius 1 is 1.43 bits per heavy atom. The van der Waals surface area contributed by atoms with Crippen molar-refractivity contribution < 1.29 is 9.52 Å². The average Bonchev–Trinajstić information content (AvgIpc) is 3.02. The molecule has 2 atom stereocenters. The quantitative estimate of drug-likeness (QED) is 0.904.